The molecular formula is C14H6Br2O4. The highest BCUT2D eigenvalue weighted by atomic mass is 79.9. The molecule has 100 valence electrons. The lowest BCUT2D eigenvalue weighted by atomic mass is 9.83. The van der Waals surface area contributed by atoms with Gasteiger partial charge in [-0.2, -0.15) is 0 Å². The molecule has 2 N–H and O–H groups in total. The zero-order valence-corrected chi connectivity index (χ0v) is 12.9. The summed E-state index contributed by atoms with van der Waals surface area (Å²) in [5.74, 6) is -1.94. The monoisotopic (exact) mass is 396 g/mol. The van der Waals surface area contributed by atoms with E-state index >= 15 is 0 Å². The second-order valence-corrected chi connectivity index (χ2v) is 5.87. The Morgan fingerprint density at radius 3 is 1.80 bits per heavy atom. The maximum atomic E-state index is 12.5. The van der Waals surface area contributed by atoms with E-state index in [4.69, 9.17) is 0 Å². The van der Waals surface area contributed by atoms with Crippen molar-refractivity contribution in [2.45, 2.75) is 0 Å². The third kappa shape index (κ3) is 1.58. The molecule has 0 fully saturated rings. The Balaban J connectivity index is 2.46. The number of aromatic hydroxyl groups is 2. The van der Waals surface area contributed by atoms with Crippen LogP contribution >= 0.6 is 31.9 Å². The highest BCUT2D eigenvalue weighted by molar-refractivity contribution is 9.13. The number of phenolic OH excluding ortho intramolecular Hbond substituents is 2. The fraction of sp³-hybridized carbons (Fsp3) is 0. The van der Waals surface area contributed by atoms with Crippen LogP contribution in [0.3, 0.4) is 0 Å². The van der Waals surface area contributed by atoms with Gasteiger partial charge in [-0.3, -0.25) is 9.59 Å². The average molecular weight is 398 g/mol. The fourth-order valence-electron chi connectivity index (χ4n) is 2.25. The van der Waals surface area contributed by atoms with Gasteiger partial charge >= 0.3 is 0 Å². The molecule has 1 aliphatic carbocycles. The maximum absolute atomic E-state index is 12.5. The van der Waals surface area contributed by atoms with Crippen LogP contribution in [0.15, 0.2) is 33.2 Å². The van der Waals surface area contributed by atoms with Crippen LogP contribution in [-0.4, -0.2) is 21.8 Å². The van der Waals surface area contributed by atoms with Crippen molar-refractivity contribution in [1.82, 2.24) is 0 Å². The zero-order valence-electron chi connectivity index (χ0n) is 9.78. The Morgan fingerprint density at radius 2 is 1.25 bits per heavy atom. The minimum atomic E-state index is -0.595. The topological polar surface area (TPSA) is 74.6 Å². The summed E-state index contributed by atoms with van der Waals surface area (Å²) in [5, 5.41) is 19.8. The second kappa shape index (κ2) is 4.43. The molecule has 6 heteroatoms. The Morgan fingerprint density at radius 1 is 0.750 bits per heavy atom. The van der Waals surface area contributed by atoms with E-state index in [1.807, 2.05) is 0 Å². The molecule has 0 aliphatic heterocycles. The molecule has 0 heterocycles. The van der Waals surface area contributed by atoms with Gasteiger partial charge in [0.15, 0.2) is 23.1 Å². The van der Waals surface area contributed by atoms with Crippen molar-refractivity contribution in [3.8, 4) is 11.5 Å². The van der Waals surface area contributed by atoms with Crippen LogP contribution in [0.2, 0.25) is 0 Å². The minimum Gasteiger partial charge on any atom is -0.504 e. The number of carbonyl (C=O) groups excluding carboxylic acids is 2. The van der Waals surface area contributed by atoms with Gasteiger partial charge in [0.05, 0.1) is 15.6 Å². The Kier molecular flexibility index (Phi) is 2.95. The molecule has 1 aliphatic rings. The second-order valence-electron chi connectivity index (χ2n) is 4.28. The molecule has 2 aromatic rings. The third-order valence-electron chi connectivity index (χ3n) is 3.20. The van der Waals surface area contributed by atoms with E-state index in [0.717, 1.165) is 0 Å². The predicted molar refractivity (Wildman–Crippen MR) is 78.5 cm³/mol. The van der Waals surface area contributed by atoms with Gasteiger partial charge in [0, 0.05) is 15.6 Å². The molecule has 0 unspecified atom stereocenters. The molecule has 20 heavy (non-hydrogen) atoms. The fourth-order valence-corrected chi connectivity index (χ4v) is 3.20. The van der Waals surface area contributed by atoms with Gasteiger partial charge in [-0.1, -0.05) is 24.3 Å². The van der Waals surface area contributed by atoms with Crippen molar-refractivity contribution in [2.75, 3.05) is 0 Å². The highest BCUT2D eigenvalue weighted by Gasteiger charge is 2.36. The first-order valence-electron chi connectivity index (χ1n) is 5.56. The van der Waals surface area contributed by atoms with Crippen LogP contribution in [0, 0.1) is 0 Å². The van der Waals surface area contributed by atoms with Gasteiger partial charge in [0.1, 0.15) is 0 Å². The van der Waals surface area contributed by atoms with Crippen molar-refractivity contribution in [3.05, 3.63) is 55.5 Å². The number of rotatable bonds is 0. The molecule has 0 saturated heterocycles. The largest absolute Gasteiger partial charge is 0.504 e. The number of hydrogen-bond acceptors (Lipinski definition) is 4. The smallest absolute Gasteiger partial charge is 0.198 e. The van der Waals surface area contributed by atoms with E-state index in [-0.39, 0.29) is 37.0 Å². The normalized spacial score (nSPS) is 13.1. The van der Waals surface area contributed by atoms with E-state index in [0.29, 0.717) is 0 Å². The van der Waals surface area contributed by atoms with Crippen molar-refractivity contribution >= 4 is 43.4 Å². The van der Waals surface area contributed by atoms with Crippen molar-refractivity contribution < 1.29 is 19.8 Å². The average Bonchev–Trinajstić information content (AvgIpc) is 2.46. The van der Waals surface area contributed by atoms with Crippen molar-refractivity contribution in [2.24, 2.45) is 0 Å². The predicted octanol–water partition coefficient (Wildman–Crippen LogP) is 3.40. The summed E-state index contributed by atoms with van der Waals surface area (Å²) in [5.41, 5.74) is 0.369. The van der Waals surface area contributed by atoms with Crippen LogP contribution in [0.1, 0.15) is 31.8 Å². The van der Waals surface area contributed by atoms with E-state index in [1.54, 1.807) is 18.2 Å². The van der Waals surface area contributed by atoms with Crippen LogP contribution in [0.5, 0.6) is 11.5 Å². The summed E-state index contributed by atoms with van der Waals surface area (Å²) < 4.78 is 0.380. The lowest BCUT2D eigenvalue weighted by Gasteiger charge is -2.20. The van der Waals surface area contributed by atoms with Gasteiger partial charge in [-0.25, -0.2) is 0 Å². The summed E-state index contributed by atoms with van der Waals surface area (Å²) in [6.07, 6.45) is 0. The minimum absolute atomic E-state index is 0.0517. The molecule has 0 spiro atoms. The molecule has 0 atom stereocenters. The van der Waals surface area contributed by atoms with E-state index < -0.39 is 17.3 Å². The lowest BCUT2D eigenvalue weighted by molar-refractivity contribution is 0.0975. The molecule has 2 aromatic carbocycles. The molecule has 0 radical (unpaired) electrons. The number of fused-ring (bicyclic) bond motifs is 2. The van der Waals surface area contributed by atoms with Crippen molar-refractivity contribution in [1.29, 1.82) is 0 Å². The lowest BCUT2D eigenvalue weighted by Crippen LogP contribution is -2.21. The Bertz CT molecular complexity index is 730. The summed E-state index contributed by atoms with van der Waals surface area (Å²) in [6, 6.07) is 6.38. The number of halogens is 2. The first-order valence-corrected chi connectivity index (χ1v) is 7.15. The summed E-state index contributed by atoms with van der Waals surface area (Å²) >= 11 is 6.26. The van der Waals surface area contributed by atoms with Gasteiger partial charge < -0.3 is 10.2 Å². The molecule has 0 bridgehead atoms. The number of carbonyl (C=O) groups is 2. The van der Waals surface area contributed by atoms with Crippen LogP contribution in [-0.2, 0) is 0 Å². The van der Waals surface area contributed by atoms with E-state index in [1.165, 1.54) is 6.07 Å². The van der Waals surface area contributed by atoms with Crippen LogP contribution < -0.4 is 0 Å². The first kappa shape index (κ1) is 13.3. The quantitative estimate of drug-likeness (QED) is 0.570. The first-order chi connectivity index (χ1) is 9.45. The van der Waals surface area contributed by atoms with Gasteiger partial charge in [-0.15, -0.1) is 0 Å². The number of ketones is 2. The van der Waals surface area contributed by atoms with Crippen molar-refractivity contribution in [3.63, 3.8) is 0 Å². The molecule has 0 amide bonds. The molecular weight excluding hydrogens is 392 g/mol. The summed E-state index contributed by atoms with van der Waals surface area (Å²) in [4.78, 5) is 24.9. The third-order valence-corrected chi connectivity index (χ3v) is 5.30. The molecule has 4 nitrogen and oxygen atoms in total. The van der Waals surface area contributed by atoms with Gasteiger partial charge in [0.2, 0.25) is 0 Å². The van der Waals surface area contributed by atoms with Gasteiger partial charge in [0.25, 0.3) is 0 Å². The highest BCUT2D eigenvalue weighted by Crippen LogP contribution is 2.47. The summed E-state index contributed by atoms with van der Waals surface area (Å²) in [7, 11) is 0. The van der Waals surface area contributed by atoms with E-state index in [9.17, 15) is 19.8 Å². The van der Waals surface area contributed by atoms with Gasteiger partial charge in [-0.05, 0) is 31.9 Å². The van der Waals surface area contributed by atoms with Crippen LogP contribution in [0.4, 0.5) is 0 Å². The van der Waals surface area contributed by atoms with Crippen LogP contribution in [0.25, 0.3) is 0 Å². The number of phenols is 2. The number of hydrogen-bond donors (Lipinski definition) is 2. The zero-order chi connectivity index (χ0) is 14.6. The Hall–Kier alpha value is -1.66. The van der Waals surface area contributed by atoms with E-state index in [2.05, 4.69) is 31.9 Å². The molecule has 0 aromatic heterocycles. The molecule has 3 rings (SSSR count). The summed E-state index contributed by atoms with van der Waals surface area (Å²) in [6.45, 7) is 0. The SMILES string of the molecule is O=C1c2ccccc2C(=O)c2c(Br)c(Br)c(O)c(O)c21. The maximum Gasteiger partial charge on any atom is 0.198 e. The Labute approximate surface area is 130 Å². The standard InChI is InChI=1S/C14H6Br2O4/c15-9-7-8(13(19)14(20)10(9)16)12(18)6-4-2-1-3-5(6)11(7)17/h1-4,19-20H. The number of benzene rings is 2. The molecule has 0 saturated carbocycles.